The molecule has 1 heterocycles. The number of carbonyl (C=O) groups is 1. The molecule has 4 heteroatoms. The maximum atomic E-state index is 12.8. The van der Waals surface area contributed by atoms with Gasteiger partial charge in [0.25, 0.3) is 0 Å². The van der Waals surface area contributed by atoms with Crippen molar-refractivity contribution in [3.8, 4) is 0 Å². The van der Waals surface area contributed by atoms with Crippen LogP contribution in [0.25, 0.3) is 10.8 Å². The number of fused-ring (bicyclic) bond motifs is 1. The van der Waals surface area contributed by atoms with Crippen LogP contribution in [0.4, 0.5) is 4.39 Å². The number of carbonyl (C=O) groups excluding carboxylic acids is 1. The first-order valence-corrected chi connectivity index (χ1v) is 7.47. The molecule has 3 aromatic rings. The van der Waals surface area contributed by atoms with Crippen molar-refractivity contribution in [2.75, 3.05) is 5.75 Å². The van der Waals surface area contributed by atoms with E-state index in [-0.39, 0.29) is 11.6 Å². The van der Waals surface area contributed by atoms with Crippen LogP contribution >= 0.6 is 11.8 Å². The number of hydrogen-bond donors (Lipinski definition) is 0. The lowest BCUT2D eigenvalue weighted by atomic mass is 10.0. The molecule has 0 spiro atoms. The summed E-state index contributed by atoms with van der Waals surface area (Å²) < 4.78 is 12.8. The van der Waals surface area contributed by atoms with Crippen LogP contribution in [-0.4, -0.2) is 16.5 Å². The second-order valence-corrected chi connectivity index (χ2v) is 5.62. The number of benzene rings is 2. The summed E-state index contributed by atoms with van der Waals surface area (Å²) in [6, 6.07) is 13.7. The predicted octanol–water partition coefficient (Wildman–Crippen LogP) is 4.35. The number of nitrogens with zero attached hydrogens (tertiary/aromatic N) is 1. The summed E-state index contributed by atoms with van der Waals surface area (Å²) in [7, 11) is 0. The Morgan fingerprint density at radius 2 is 1.90 bits per heavy atom. The largest absolute Gasteiger partial charge is 0.293 e. The van der Waals surface area contributed by atoms with Crippen LogP contribution < -0.4 is 0 Å². The molecule has 0 atom stereocenters. The van der Waals surface area contributed by atoms with Crippen LogP contribution in [-0.2, 0) is 0 Å². The molecule has 0 amide bonds. The molecule has 0 unspecified atom stereocenters. The van der Waals surface area contributed by atoms with Crippen LogP contribution in [0.5, 0.6) is 0 Å². The third-order valence-electron chi connectivity index (χ3n) is 3.17. The Balaban J connectivity index is 1.79. The van der Waals surface area contributed by atoms with Crippen molar-refractivity contribution in [2.45, 2.75) is 4.90 Å². The van der Waals surface area contributed by atoms with Gasteiger partial charge in [-0.25, -0.2) is 4.39 Å². The van der Waals surface area contributed by atoms with E-state index in [1.807, 2.05) is 24.3 Å². The van der Waals surface area contributed by atoms with Crippen molar-refractivity contribution >= 4 is 28.3 Å². The summed E-state index contributed by atoms with van der Waals surface area (Å²) in [4.78, 5) is 17.3. The highest BCUT2D eigenvalue weighted by Crippen LogP contribution is 2.23. The third kappa shape index (κ3) is 3.11. The van der Waals surface area contributed by atoms with Crippen molar-refractivity contribution in [1.29, 1.82) is 0 Å². The van der Waals surface area contributed by atoms with Gasteiger partial charge < -0.3 is 0 Å². The van der Waals surface area contributed by atoms with E-state index in [0.29, 0.717) is 11.3 Å². The van der Waals surface area contributed by atoms with Crippen LogP contribution in [0, 0.1) is 5.82 Å². The lowest BCUT2D eigenvalue weighted by molar-refractivity contribution is 0.102. The summed E-state index contributed by atoms with van der Waals surface area (Å²) >= 11 is 1.40. The smallest absolute Gasteiger partial charge is 0.173 e. The molecule has 104 valence electrons. The van der Waals surface area contributed by atoms with Gasteiger partial charge in [-0.1, -0.05) is 18.2 Å². The van der Waals surface area contributed by atoms with Gasteiger partial charge in [-0.15, -0.1) is 11.8 Å². The van der Waals surface area contributed by atoms with Crippen molar-refractivity contribution in [3.05, 3.63) is 72.3 Å². The number of hydrogen-bond acceptors (Lipinski definition) is 3. The average molecular weight is 297 g/mol. The zero-order valence-electron chi connectivity index (χ0n) is 11.1. The van der Waals surface area contributed by atoms with Gasteiger partial charge in [0.1, 0.15) is 5.82 Å². The minimum atomic E-state index is -0.272. The molecule has 1 aromatic heterocycles. The molecule has 0 aliphatic heterocycles. The summed E-state index contributed by atoms with van der Waals surface area (Å²) in [5, 5.41) is 1.87. The van der Waals surface area contributed by atoms with Crippen LogP contribution in [0.15, 0.2) is 65.8 Å². The molecule has 0 saturated heterocycles. The molecule has 0 N–H and O–H groups in total. The fraction of sp³-hybridized carbons (Fsp3) is 0.0588. The van der Waals surface area contributed by atoms with Crippen molar-refractivity contribution < 1.29 is 9.18 Å². The maximum Gasteiger partial charge on any atom is 0.173 e. The lowest BCUT2D eigenvalue weighted by Gasteiger charge is -2.05. The molecule has 0 saturated carbocycles. The van der Waals surface area contributed by atoms with E-state index < -0.39 is 0 Å². The number of pyridine rings is 1. The highest BCUT2D eigenvalue weighted by Gasteiger charge is 2.10. The molecular formula is C17H12FNOS. The van der Waals surface area contributed by atoms with Crippen LogP contribution in [0.2, 0.25) is 0 Å². The van der Waals surface area contributed by atoms with Gasteiger partial charge in [0, 0.05) is 28.2 Å². The summed E-state index contributed by atoms with van der Waals surface area (Å²) in [5.74, 6) is 0.0911. The highest BCUT2D eigenvalue weighted by molar-refractivity contribution is 8.00. The normalized spacial score (nSPS) is 10.7. The summed E-state index contributed by atoms with van der Waals surface area (Å²) in [6.45, 7) is 0. The highest BCUT2D eigenvalue weighted by atomic mass is 32.2. The first-order chi connectivity index (χ1) is 10.2. The van der Waals surface area contributed by atoms with Crippen LogP contribution in [0.3, 0.4) is 0 Å². The fourth-order valence-corrected chi connectivity index (χ4v) is 2.90. The van der Waals surface area contributed by atoms with E-state index in [2.05, 4.69) is 4.98 Å². The van der Waals surface area contributed by atoms with E-state index in [9.17, 15) is 9.18 Å². The van der Waals surface area contributed by atoms with Gasteiger partial charge in [0.15, 0.2) is 5.78 Å². The van der Waals surface area contributed by atoms with Gasteiger partial charge in [-0.3, -0.25) is 9.78 Å². The zero-order valence-corrected chi connectivity index (χ0v) is 11.9. The minimum absolute atomic E-state index is 0.0444. The van der Waals surface area contributed by atoms with Crippen molar-refractivity contribution in [2.24, 2.45) is 0 Å². The maximum absolute atomic E-state index is 12.8. The molecule has 0 fully saturated rings. The first-order valence-electron chi connectivity index (χ1n) is 6.48. The SMILES string of the molecule is O=C(CSc1ccc(F)cc1)c1cccc2ccncc12. The second kappa shape index (κ2) is 6.06. The molecule has 0 aliphatic carbocycles. The first kappa shape index (κ1) is 13.8. The van der Waals surface area contributed by atoms with Crippen molar-refractivity contribution in [3.63, 3.8) is 0 Å². The summed E-state index contributed by atoms with van der Waals surface area (Å²) in [5.41, 5.74) is 0.676. The van der Waals surface area contributed by atoms with Gasteiger partial charge in [0.05, 0.1) is 5.75 Å². The van der Waals surface area contributed by atoms with E-state index in [1.54, 1.807) is 24.5 Å². The van der Waals surface area contributed by atoms with Crippen LogP contribution in [0.1, 0.15) is 10.4 Å². The van der Waals surface area contributed by atoms with Gasteiger partial charge in [0.2, 0.25) is 0 Å². The third-order valence-corrected chi connectivity index (χ3v) is 4.18. The number of thioether (sulfide) groups is 1. The molecular weight excluding hydrogens is 285 g/mol. The topological polar surface area (TPSA) is 30.0 Å². The number of aromatic nitrogens is 1. The average Bonchev–Trinajstić information content (AvgIpc) is 2.53. The standard InChI is InChI=1S/C17H12FNOS/c18-13-4-6-14(7-5-13)21-11-17(20)15-3-1-2-12-8-9-19-10-16(12)15/h1-10H,11H2. The Kier molecular flexibility index (Phi) is 3.97. The number of halogens is 1. The Morgan fingerprint density at radius 3 is 2.71 bits per heavy atom. The molecule has 0 bridgehead atoms. The molecule has 3 rings (SSSR count). The van der Waals surface area contributed by atoms with E-state index in [4.69, 9.17) is 0 Å². The Morgan fingerprint density at radius 1 is 1.10 bits per heavy atom. The fourth-order valence-electron chi connectivity index (χ4n) is 2.11. The second-order valence-electron chi connectivity index (χ2n) is 4.57. The molecule has 21 heavy (non-hydrogen) atoms. The van der Waals surface area contributed by atoms with Crippen molar-refractivity contribution in [1.82, 2.24) is 4.98 Å². The zero-order chi connectivity index (χ0) is 14.7. The van der Waals surface area contributed by atoms with E-state index in [0.717, 1.165) is 15.7 Å². The lowest BCUT2D eigenvalue weighted by Crippen LogP contribution is -2.03. The van der Waals surface area contributed by atoms with Gasteiger partial charge in [-0.05, 0) is 35.7 Å². The Labute approximate surface area is 126 Å². The molecule has 0 radical (unpaired) electrons. The quantitative estimate of drug-likeness (QED) is 0.530. The number of Topliss-reactive ketones (excluding diaryl/α,β-unsaturated/α-hetero) is 1. The number of rotatable bonds is 4. The minimum Gasteiger partial charge on any atom is -0.293 e. The van der Waals surface area contributed by atoms with E-state index >= 15 is 0 Å². The predicted molar refractivity (Wildman–Crippen MR) is 83.2 cm³/mol. The molecule has 2 nitrogen and oxygen atoms in total. The van der Waals surface area contributed by atoms with E-state index in [1.165, 1.54) is 23.9 Å². The Bertz CT molecular complexity index is 781. The molecule has 0 aliphatic rings. The number of ketones is 1. The Hall–Kier alpha value is -2.20. The summed E-state index contributed by atoms with van der Waals surface area (Å²) in [6.07, 6.45) is 3.43. The van der Waals surface area contributed by atoms with Gasteiger partial charge >= 0.3 is 0 Å². The molecule has 2 aromatic carbocycles. The monoisotopic (exact) mass is 297 g/mol. The van der Waals surface area contributed by atoms with Gasteiger partial charge in [-0.2, -0.15) is 0 Å².